The number of carbonyl (C=O) groups excluding carboxylic acids is 1. The minimum Gasteiger partial charge on any atom is -0.374 e. The van der Waals surface area contributed by atoms with Gasteiger partial charge in [0.1, 0.15) is 5.82 Å². The molecule has 0 saturated carbocycles. The predicted octanol–water partition coefficient (Wildman–Crippen LogP) is 2.95. The van der Waals surface area contributed by atoms with E-state index in [0.29, 0.717) is 10.6 Å². The van der Waals surface area contributed by atoms with Crippen LogP contribution in [0.1, 0.15) is 29.1 Å². The van der Waals surface area contributed by atoms with E-state index in [2.05, 4.69) is 10.3 Å². The Balaban J connectivity index is 2.25. The molecule has 0 fully saturated rings. The van der Waals surface area contributed by atoms with Crippen molar-refractivity contribution in [2.45, 2.75) is 13.0 Å². The molecule has 1 aromatic heterocycles. The minimum atomic E-state index is -0.0561. The topological polar surface area (TPSA) is 50.2 Å². The van der Waals surface area contributed by atoms with Crippen molar-refractivity contribution in [2.75, 3.05) is 19.4 Å². The lowest BCUT2D eigenvalue weighted by Gasteiger charge is -2.18. The zero-order chi connectivity index (χ0) is 15.6. The number of amides is 1. The number of aryl methyl sites for hydroxylation is 1. The van der Waals surface area contributed by atoms with E-state index < -0.39 is 0 Å². The van der Waals surface area contributed by atoms with E-state index in [1.807, 2.05) is 24.7 Å². The number of rotatable bonds is 4. The van der Waals surface area contributed by atoms with Crippen molar-refractivity contribution in [3.8, 4) is 0 Å². The molecule has 0 aliphatic heterocycles. The van der Waals surface area contributed by atoms with Gasteiger partial charge < -0.3 is 14.8 Å². The minimum absolute atomic E-state index is 0.0211. The molecule has 1 heterocycles. The molecular formula is C15H19ClN4O. The molecule has 0 aliphatic rings. The molecule has 112 valence electrons. The molecule has 1 aromatic carbocycles. The molecule has 1 N–H and O–H groups in total. The Hall–Kier alpha value is -2.01. The molecule has 21 heavy (non-hydrogen) atoms. The summed E-state index contributed by atoms with van der Waals surface area (Å²) in [5.74, 6) is 0.842. The van der Waals surface area contributed by atoms with Gasteiger partial charge in [-0.3, -0.25) is 4.79 Å². The van der Waals surface area contributed by atoms with Gasteiger partial charge in [-0.2, -0.15) is 0 Å². The summed E-state index contributed by atoms with van der Waals surface area (Å²) in [6, 6.07) is 5.20. The van der Waals surface area contributed by atoms with Crippen LogP contribution in [0.3, 0.4) is 0 Å². The maximum absolute atomic E-state index is 12.0. The van der Waals surface area contributed by atoms with Crippen molar-refractivity contribution in [2.24, 2.45) is 7.05 Å². The Morgan fingerprint density at radius 3 is 2.71 bits per heavy atom. The van der Waals surface area contributed by atoms with E-state index in [4.69, 9.17) is 11.6 Å². The zero-order valence-corrected chi connectivity index (χ0v) is 13.3. The van der Waals surface area contributed by atoms with E-state index in [1.54, 1.807) is 38.5 Å². The predicted molar refractivity (Wildman–Crippen MR) is 84.7 cm³/mol. The second-order valence-electron chi connectivity index (χ2n) is 5.16. The van der Waals surface area contributed by atoms with Gasteiger partial charge >= 0.3 is 0 Å². The fraction of sp³-hybridized carbons (Fsp3) is 0.333. The Bertz CT molecular complexity index is 651. The van der Waals surface area contributed by atoms with Crippen LogP contribution in [0.15, 0.2) is 30.6 Å². The molecule has 1 amide bonds. The van der Waals surface area contributed by atoms with Gasteiger partial charge in [0.05, 0.1) is 16.8 Å². The molecule has 2 aromatic rings. The van der Waals surface area contributed by atoms with Crippen LogP contribution < -0.4 is 5.32 Å². The molecule has 0 aliphatic carbocycles. The standard InChI is InChI=1S/C15H19ClN4O/c1-10(14-17-7-8-20(14)4)18-13-9-11(5-6-12(13)16)15(21)19(2)3/h5-10,18H,1-4H3. The number of imidazole rings is 1. The Morgan fingerprint density at radius 2 is 2.14 bits per heavy atom. The van der Waals surface area contributed by atoms with Gasteiger partial charge in [0.25, 0.3) is 5.91 Å². The van der Waals surface area contributed by atoms with E-state index in [9.17, 15) is 4.79 Å². The highest BCUT2D eigenvalue weighted by Gasteiger charge is 2.14. The monoisotopic (exact) mass is 306 g/mol. The fourth-order valence-electron chi connectivity index (χ4n) is 2.12. The van der Waals surface area contributed by atoms with Crippen LogP contribution in [0.4, 0.5) is 5.69 Å². The largest absolute Gasteiger partial charge is 0.374 e. The SMILES string of the molecule is CC(Nc1cc(C(=O)N(C)C)ccc1Cl)c1nccn1C. The number of hydrogen-bond donors (Lipinski definition) is 1. The third-order valence-electron chi connectivity index (χ3n) is 3.24. The van der Waals surface area contributed by atoms with Crippen molar-refractivity contribution < 1.29 is 4.79 Å². The molecule has 1 atom stereocenters. The van der Waals surface area contributed by atoms with Crippen molar-refractivity contribution in [1.82, 2.24) is 14.5 Å². The summed E-state index contributed by atoms with van der Waals surface area (Å²) in [5, 5.41) is 3.88. The number of anilines is 1. The number of carbonyl (C=O) groups is 1. The highest BCUT2D eigenvalue weighted by atomic mass is 35.5. The van der Waals surface area contributed by atoms with Crippen LogP contribution in [-0.2, 0) is 7.05 Å². The molecule has 1 unspecified atom stereocenters. The molecular weight excluding hydrogens is 288 g/mol. The summed E-state index contributed by atoms with van der Waals surface area (Å²) < 4.78 is 1.94. The first-order valence-electron chi connectivity index (χ1n) is 6.65. The summed E-state index contributed by atoms with van der Waals surface area (Å²) in [6.07, 6.45) is 3.64. The summed E-state index contributed by atoms with van der Waals surface area (Å²) >= 11 is 6.21. The van der Waals surface area contributed by atoms with Gasteiger partial charge in [-0.15, -0.1) is 0 Å². The van der Waals surface area contributed by atoms with Crippen molar-refractivity contribution in [3.05, 3.63) is 47.0 Å². The molecule has 0 bridgehead atoms. The van der Waals surface area contributed by atoms with Gasteiger partial charge in [-0.05, 0) is 25.1 Å². The summed E-state index contributed by atoms with van der Waals surface area (Å²) in [4.78, 5) is 17.9. The van der Waals surface area contributed by atoms with E-state index in [-0.39, 0.29) is 11.9 Å². The molecule has 0 saturated heterocycles. The Labute approximate surface area is 129 Å². The van der Waals surface area contributed by atoms with Gasteiger partial charge in [0.15, 0.2) is 0 Å². The Kier molecular flexibility index (Phi) is 4.53. The van der Waals surface area contributed by atoms with Crippen LogP contribution in [0.25, 0.3) is 0 Å². The number of benzene rings is 1. The van der Waals surface area contributed by atoms with E-state index in [0.717, 1.165) is 11.5 Å². The molecule has 0 radical (unpaired) electrons. The van der Waals surface area contributed by atoms with Crippen LogP contribution in [0, 0.1) is 0 Å². The summed E-state index contributed by atoms with van der Waals surface area (Å²) in [6.45, 7) is 2.00. The third-order valence-corrected chi connectivity index (χ3v) is 3.57. The van der Waals surface area contributed by atoms with E-state index in [1.165, 1.54) is 4.90 Å². The van der Waals surface area contributed by atoms with Crippen LogP contribution in [-0.4, -0.2) is 34.5 Å². The van der Waals surface area contributed by atoms with Gasteiger partial charge in [-0.1, -0.05) is 11.6 Å². The van der Waals surface area contributed by atoms with Crippen molar-refractivity contribution in [1.29, 1.82) is 0 Å². The molecule has 0 spiro atoms. The number of nitrogens with zero attached hydrogens (tertiary/aromatic N) is 3. The van der Waals surface area contributed by atoms with Crippen molar-refractivity contribution >= 4 is 23.2 Å². The van der Waals surface area contributed by atoms with E-state index >= 15 is 0 Å². The first kappa shape index (κ1) is 15.4. The molecule has 5 nitrogen and oxygen atoms in total. The average molecular weight is 307 g/mol. The molecule has 6 heteroatoms. The van der Waals surface area contributed by atoms with Crippen LogP contribution in [0.2, 0.25) is 5.02 Å². The third kappa shape index (κ3) is 3.36. The number of halogens is 1. The normalized spacial score (nSPS) is 12.0. The average Bonchev–Trinajstić information content (AvgIpc) is 2.86. The second kappa shape index (κ2) is 6.18. The lowest BCUT2D eigenvalue weighted by molar-refractivity contribution is 0.0827. The zero-order valence-electron chi connectivity index (χ0n) is 12.6. The number of hydrogen-bond acceptors (Lipinski definition) is 3. The van der Waals surface area contributed by atoms with Crippen LogP contribution in [0.5, 0.6) is 0 Å². The van der Waals surface area contributed by atoms with Gasteiger partial charge in [0.2, 0.25) is 0 Å². The lowest BCUT2D eigenvalue weighted by atomic mass is 10.1. The number of aromatic nitrogens is 2. The highest BCUT2D eigenvalue weighted by molar-refractivity contribution is 6.33. The highest BCUT2D eigenvalue weighted by Crippen LogP contribution is 2.27. The van der Waals surface area contributed by atoms with Crippen molar-refractivity contribution in [3.63, 3.8) is 0 Å². The van der Waals surface area contributed by atoms with Gasteiger partial charge in [0, 0.05) is 39.1 Å². The van der Waals surface area contributed by atoms with Gasteiger partial charge in [-0.25, -0.2) is 4.98 Å². The maximum atomic E-state index is 12.0. The summed E-state index contributed by atoms with van der Waals surface area (Å²) in [5.41, 5.74) is 1.32. The van der Waals surface area contributed by atoms with Crippen LogP contribution >= 0.6 is 11.6 Å². The number of nitrogens with one attached hydrogen (secondary N) is 1. The Morgan fingerprint density at radius 1 is 1.43 bits per heavy atom. The quantitative estimate of drug-likeness (QED) is 0.945. The smallest absolute Gasteiger partial charge is 0.253 e. The lowest BCUT2D eigenvalue weighted by Crippen LogP contribution is -2.22. The first-order chi connectivity index (χ1) is 9.90. The first-order valence-corrected chi connectivity index (χ1v) is 7.03. The fourth-order valence-corrected chi connectivity index (χ4v) is 2.29. The summed E-state index contributed by atoms with van der Waals surface area (Å²) in [7, 11) is 5.38. The maximum Gasteiger partial charge on any atom is 0.253 e. The molecule has 2 rings (SSSR count). The second-order valence-corrected chi connectivity index (χ2v) is 5.56.